The molecule has 28 heavy (non-hydrogen) atoms. The number of likely N-dealkylation sites (tertiary alicyclic amines) is 1. The molecule has 0 aliphatic carbocycles. The normalized spacial score (nSPS) is 18.9. The van der Waals surface area contributed by atoms with Gasteiger partial charge in [0, 0.05) is 55.7 Å². The van der Waals surface area contributed by atoms with Gasteiger partial charge in [0.25, 0.3) is 0 Å². The Morgan fingerprint density at radius 2 is 1.54 bits per heavy atom. The monoisotopic (exact) mass is 377 g/mol. The Hall–Kier alpha value is -2.69. The van der Waals surface area contributed by atoms with Crippen molar-refractivity contribution in [2.24, 2.45) is 5.92 Å². The van der Waals surface area contributed by atoms with Crippen molar-refractivity contribution in [3.63, 3.8) is 0 Å². The summed E-state index contributed by atoms with van der Waals surface area (Å²) in [5.41, 5.74) is 3.18. The molecule has 1 aromatic heterocycles. The second kappa shape index (κ2) is 8.55. The van der Waals surface area contributed by atoms with Gasteiger partial charge in [0.15, 0.2) is 0 Å². The first-order chi connectivity index (χ1) is 13.7. The van der Waals surface area contributed by atoms with Gasteiger partial charge in [0.05, 0.1) is 0 Å². The summed E-state index contributed by atoms with van der Waals surface area (Å²) >= 11 is 0. The van der Waals surface area contributed by atoms with Crippen LogP contribution in [0.4, 0.5) is 5.69 Å². The second-order valence-electron chi connectivity index (χ2n) is 7.85. The first-order valence-corrected chi connectivity index (χ1v) is 10.2. The summed E-state index contributed by atoms with van der Waals surface area (Å²) in [5, 5.41) is 0. The molecule has 2 aliphatic rings. The third kappa shape index (κ3) is 4.08. The molecular weight excluding hydrogens is 350 g/mol. The molecule has 1 amide bonds. The summed E-state index contributed by atoms with van der Waals surface area (Å²) < 4.78 is 0. The van der Waals surface area contributed by atoms with Gasteiger partial charge in [0.1, 0.15) is 6.29 Å². The number of carbonyl (C=O) groups is 2. The van der Waals surface area contributed by atoms with Gasteiger partial charge in [0.2, 0.25) is 5.91 Å². The minimum atomic E-state index is 0.142. The quantitative estimate of drug-likeness (QED) is 0.765. The van der Waals surface area contributed by atoms with Crippen molar-refractivity contribution in [1.82, 2.24) is 9.88 Å². The number of aldehydes is 1. The van der Waals surface area contributed by atoms with Gasteiger partial charge in [-0.05, 0) is 73.6 Å². The average Bonchev–Trinajstić information content (AvgIpc) is 2.79. The van der Waals surface area contributed by atoms with Crippen LogP contribution in [0.15, 0.2) is 48.8 Å². The van der Waals surface area contributed by atoms with Gasteiger partial charge in [-0.3, -0.25) is 14.6 Å². The van der Waals surface area contributed by atoms with Crippen LogP contribution in [0.3, 0.4) is 0 Å². The molecule has 0 N–H and O–H groups in total. The SMILES string of the molecule is O=Cc1ccc(N2CCC(C(=O)N3CCC(c4ccncc4)CC3)CC2)cc1. The fourth-order valence-corrected chi connectivity index (χ4v) is 4.48. The Morgan fingerprint density at radius 3 is 2.14 bits per heavy atom. The van der Waals surface area contributed by atoms with Gasteiger partial charge < -0.3 is 9.80 Å². The van der Waals surface area contributed by atoms with Crippen molar-refractivity contribution in [2.75, 3.05) is 31.1 Å². The number of amides is 1. The summed E-state index contributed by atoms with van der Waals surface area (Å²) in [4.78, 5) is 32.3. The van der Waals surface area contributed by atoms with Crippen molar-refractivity contribution < 1.29 is 9.59 Å². The maximum atomic E-state index is 13.0. The first-order valence-electron chi connectivity index (χ1n) is 10.2. The van der Waals surface area contributed by atoms with E-state index in [2.05, 4.69) is 26.9 Å². The number of nitrogens with zero attached hydrogens (tertiary/aromatic N) is 3. The topological polar surface area (TPSA) is 53.5 Å². The lowest BCUT2D eigenvalue weighted by molar-refractivity contribution is -0.137. The molecule has 2 saturated heterocycles. The van der Waals surface area contributed by atoms with Gasteiger partial charge in [-0.1, -0.05) is 0 Å². The van der Waals surface area contributed by atoms with E-state index in [1.54, 1.807) is 0 Å². The highest BCUT2D eigenvalue weighted by Gasteiger charge is 2.31. The minimum absolute atomic E-state index is 0.142. The number of aromatic nitrogens is 1. The highest BCUT2D eigenvalue weighted by atomic mass is 16.2. The molecule has 0 saturated carbocycles. The van der Waals surface area contributed by atoms with Crippen LogP contribution in [0.5, 0.6) is 0 Å². The van der Waals surface area contributed by atoms with Crippen molar-refractivity contribution >= 4 is 17.9 Å². The molecule has 0 unspecified atom stereocenters. The van der Waals surface area contributed by atoms with E-state index in [0.29, 0.717) is 17.4 Å². The van der Waals surface area contributed by atoms with Gasteiger partial charge in [-0.25, -0.2) is 0 Å². The molecule has 0 spiro atoms. The number of piperidine rings is 2. The van der Waals surface area contributed by atoms with Crippen LogP contribution in [0.1, 0.15) is 47.5 Å². The van der Waals surface area contributed by atoms with E-state index in [-0.39, 0.29) is 5.92 Å². The molecule has 0 radical (unpaired) electrons. The predicted octanol–water partition coefficient (Wildman–Crippen LogP) is 3.52. The van der Waals surface area contributed by atoms with E-state index < -0.39 is 0 Å². The van der Waals surface area contributed by atoms with E-state index in [9.17, 15) is 9.59 Å². The Kier molecular flexibility index (Phi) is 5.70. The molecule has 5 nitrogen and oxygen atoms in total. The Bertz CT molecular complexity index is 790. The Balaban J connectivity index is 1.28. The van der Waals surface area contributed by atoms with Crippen LogP contribution in [0.25, 0.3) is 0 Å². The van der Waals surface area contributed by atoms with Crippen molar-refractivity contribution in [3.8, 4) is 0 Å². The number of rotatable bonds is 4. The standard InChI is InChI=1S/C23H27N3O2/c27-17-18-1-3-22(4-2-18)25-13-9-21(10-14-25)23(28)26-15-7-20(8-16-26)19-5-11-24-12-6-19/h1-6,11-12,17,20-21H,7-10,13-16H2. The summed E-state index contributed by atoms with van der Waals surface area (Å²) in [7, 11) is 0. The molecular formula is C23H27N3O2. The molecule has 2 fully saturated rings. The smallest absolute Gasteiger partial charge is 0.225 e. The molecule has 146 valence electrons. The minimum Gasteiger partial charge on any atom is -0.371 e. The maximum absolute atomic E-state index is 13.0. The molecule has 2 aromatic rings. The highest BCUT2D eigenvalue weighted by molar-refractivity contribution is 5.79. The Morgan fingerprint density at radius 1 is 0.893 bits per heavy atom. The van der Waals surface area contributed by atoms with E-state index >= 15 is 0 Å². The number of anilines is 1. The first kappa shape index (κ1) is 18.7. The number of benzene rings is 1. The summed E-state index contributed by atoms with van der Waals surface area (Å²) in [5.74, 6) is 1.02. The van der Waals surface area contributed by atoms with Crippen LogP contribution in [-0.2, 0) is 4.79 Å². The number of carbonyl (C=O) groups excluding carboxylic acids is 2. The lowest BCUT2D eigenvalue weighted by Crippen LogP contribution is -2.45. The van der Waals surface area contributed by atoms with E-state index in [1.807, 2.05) is 36.7 Å². The maximum Gasteiger partial charge on any atom is 0.225 e. The highest BCUT2D eigenvalue weighted by Crippen LogP contribution is 2.30. The molecule has 1 aromatic carbocycles. The van der Waals surface area contributed by atoms with Crippen molar-refractivity contribution in [2.45, 2.75) is 31.6 Å². The van der Waals surface area contributed by atoms with Crippen LogP contribution < -0.4 is 4.90 Å². The molecule has 4 rings (SSSR count). The zero-order chi connectivity index (χ0) is 19.3. The fraction of sp³-hybridized carbons (Fsp3) is 0.435. The molecule has 0 atom stereocenters. The summed E-state index contributed by atoms with van der Waals surface area (Å²) in [6.07, 6.45) is 8.46. The van der Waals surface area contributed by atoms with Crippen LogP contribution in [-0.4, -0.2) is 48.3 Å². The third-order valence-electron chi connectivity index (χ3n) is 6.22. The third-order valence-corrected chi connectivity index (χ3v) is 6.22. The zero-order valence-electron chi connectivity index (χ0n) is 16.2. The van der Waals surface area contributed by atoms with Crippen LogP contribution >= 0.6 is 0 Å². The van der Waals surface area contributed by atoms with Gasteiger partial charge >= 0.3 is 0 Å². The lowest BCUT2D eigenvalue weighted by Gasteiger charge is -2.38. The number of hydrogen-bond acceptors (Lipinski definition) is 4. The average molecular weight is 377 g/mol. The molecule has 2 aliphatic heterocycles. The molecule has 0 bridgehead atoms. The number of pyridine rings is 1. The zero-order valence-corrected chi connectivity index (χ0v) is 16.2. The van der Waals surface area contributed by atoms with Crippen LogP contribution in [0, 0.1) is 5.92 Å². The summed E-state index contributed by atoms with van der Waals surface area (Å²) in [6.45, 7) is 3.51. The lowest BCUT2D eigenvalue weighted by atomic mass is 9.88. The largest absolute Gasteiger partial charge is 0.371 e. The number of hydrogen-bond donors (Lipinski definition) is 0. The predicted molar refractivity (Wildman–Crippen MR) is 110 cm³/mol. The molecule has 3 heterocycles. The molecule has 5 heteroatoms. The van der Waals surface area contributed by atoms with Crippen molar-refractivity contribution in [3.05, 3.63) is 59.9 Å². The van der Waals surface area contributed by atoms with E-state index in [0.717, 1.165) is 63.8 Å². The van der Waals surface area contributed by atoms with Gasteiger partial charge in [-0.2, -0.15) is 0 Å². The Labute approximate surface area is 166 Å². The van der Waals surface area contributed by atoms with Crippen molar-refractivity contribution in [1.29, 1.82) is 0 Å². The van der Waals surface area contributed by atoms with Crippen LogP contribution in [0.2, 0.25) is 0 Å². The second-order valence-corrected chi connectivity index (χ2v) is 7.85. The van der Waals surface area contributed by atoms with E-state index in [4.69, 9.17) is 0 Å². The summed E-state index contributed by atoms with van der Waals surface area (Å²) in [6, 6.07) is 11.9. The van der Waals surface area contributed by atoms with Gasteiger partial charge in [-0.15, -0.1) is 0 Å². The van der Waals surface area contributed by atoms with E-state index in [1.165, 1.54) is 5.56 Å². The fourth-order valence-electron chi connectivity index (χ4n) is 4.48.